The molecule has 0 radical (unpaired) electrons. The Kier molecular flexibility index (Phi) is 3.57. The highest BCUT2D eigenvalue weighted by molar-refractivity contribution is 9.10. The van der Waals surface area contributed by atoms with Gasteiger partial charge < -0.3 is 8.98 Å². The number of halogens is 1. The maximum atomic E-state index is 11.7. The number of nitrogens with one attached hydrogen (secondary N) is 1. The van der Waals surface area contributed by atoms with E-state index in [-0.39, 0.29) is 5.76 Å². The molecule has 0 spiro atoms. The lowest BCUT2D eigenvalue weighted by Crippen LogP contribution is -2.30. The number of para-hydroxylation sites is 1. The molecule has 0 aliphatic heterocycles. The Morgan fingerprint density at radius 2 is 2.14 bits per heavy atom. The summed E-state index contributed by atoms with van der Waals surface area (Å²) in [4.78, 5) is 11.7. The molecule has 3 rings (SSSR count). The van der Waals surface area contributed by atoms with Gasteiger partial charge in [-0.15, -0.1) is 0 Å². The molecule has 6 heteroatoms. The Morgan fingerprint density at radius 3 is 2.90 bits per heavy atom. The molecule has 1 amide bonds. The lowest BCUT2D eigenvalue weighted by atomic mass is 10.2. The lowest BCUT2D eigenvalue weighted by Gasteiger charge is -2.08. The summed E-state index contributed by atoms with van der Waals surface area (Å²) in [5.74, 6) is 4.99. The first-order valence-electron chi connectivity index (χ1n) is 6.44. The first-order chi connectivity index (χ1) is 10.1. The molecule has 21 heavy (non-hydrogen) atoms. The molecule has 5 nitrogen and oxygen atoms in total. The number of hydrogen-bond donors (Lipinski definition) is 2. The second-order valence-electron chi connectivity index (χ2n) is 4.75. The Morgan fingerprint density at radius 1 is 1.38 bits per heavy atom. The molecular formula is C15H14BrN3O2. The molecule has 0 bridgehead atoms. The Labute approximate surface area is 129 Å². The van der Waals surface area contributed by atoms with Gasteiger partial charge in [-0.3, -0.25) is 10.2 Å². The molecule has 3 aromatic rings. The first kappa shape index (κ1) is 13.9. The summed E-state index contributed by atoms with van der Waals surface area (Å²) < 4.78 is 8.43. The van der Waals surface area contributed by atoms with Crippen LogP contribution in [0.1, 0.15) is 21.8 Å². The second kappa shape index (κ2) is 5.38. The van der Waals surface area contributed by atoms with Gasteiger partial charge in [0.1, 0.15) is 0 Å². The fourth-order valence-electron chi connectivity index (χ4n) is 2.49. The smallest absolute Gasteiger partial charge is 0.301 e. The van der Waals surface area contributed by atoms with Gasteiger partial charge in [0.2, 0.25) is 0 Å². The van der Waals surface area contributed by atoms with Crippen molar-refractivity contribution >= 4 is 32.7 Å². The highest BCUT2D eigenvalue weighted by atomic mass is 79.9. The van der Waals surface area contributed by atoms with Gasteiger partial charge in [0.25, 0.3) is 0 Å². The Bertz CT molecular complexity index is 820. The summed E-state index contributed by atoms with van der Waals surface area (Å²) >= 11 is 3.62. The quantitative estimate of drug-likeness (QED) is 0.434. The van der Waals surface area contributed by atoms with Crippen LogP contribution in [-0.4, -0.2) is 10.5 Å². The molecule has 108 valence electrons. The Hall–Kier alpha value is -2.05. The van der Waals surface area contributed by atoms with Crippen molar-refractivity contribution in [3.63, 3.8) is 0 Å². The summed E-state index contributed by atoms with van der Waals surface area (Å²) in [6, 6.07) is 9.89. The van der Waals surface area contributed by atoms with Crippen molar-refractivity contribution in [2.24, 2.45) is 5.84 Å². The highest BCUT2D eigenvalue weighted by Gasteiger charge is 2.17. The van der Waals surface area contributed by atoms with Crippen LogP contribution in [0.2, 0.25) is 0 Å². The third-order valence-electron chi connectivity index (χ3n) is 3.57. The number of hydrogen-bond acceptors (Lipinski definition) is 3. The second-order valence-corrected chi connectivity index (χ2v) is 5.54. The van der Waals surface area contributed by atoms with Crippen LogP contribution in [-0.2, 0) is 6.54 Å². The van der Waals surface area contributed by atoms with Crippen LogP contribution in [0, 0.1) is 6.92 Å². The summed E-state index contributed by atoms with van der Waals surface area (Å²) in [5.41, 5.74) is 5.08. The van der Waals surface area contributed by atoms with Crippen molar-refractivity contribution in [2.75, 3.05) is 0 Å². The van der Waals surface area contributed by atoms with Crippen LogP contribution in [0.3, 0.4) is 0 Å². The van der Waals surface area contributed by atoms with Crippen LogP contribution in [0.25, 0.3) is 10.9 Å². The molecule has 0 atom stereocenters. The monoisotopic (exact) mass is 347 g/mol. The third kappa shape index (κ3) is 2.26. The van der Waals surface area contributed by atoms with E-state index >= 15 is 0 Å². The summed E-state index contributed by atoms with van der Waals surface area (Å²) in [5, 5.41) is 1.14. The van der Waals surface area contributed by atoms with Crippen molar-refractivity contribution < 1.29 is 9.21 Å². The van der Waals surface area contributed by atoms with E-state index in [1.165, 1.54) is 6.26 Å². The number of benzene rings is 1. The van der Waals surface area contributed by atoms with E-state index in [2.05, 4.69) is 38.1 Å². The lowest BCUT2D eigenvalue weighted by molar-refractivity contribution is 0.0924. The fourth-order valence-corrected chi connectivity index (χ4v) is 3.04. The molecule has 3 N–H and O–H groups in total. The molecule has 0 aliphatic rings. The molecule has 0 saturated carbocycles. The van der Waals surface area contributed by atoms with Crippen molar-refractivity contribution in [2.45, 2.75) is 13.5 Å². The minimum absolute atomic E-state index is 0.241. The summed E-state index contributed by atoms with van der Waals surface area (Å²) in [6.07, 6.45) is 1.50. The molecule has 0 unspecified atom stereocenters. The van der Waals surface area contributed by atoms with Crippen molar-refractivity contribution in [1.29, 1.82) is 0 Å². The van der Waals surface area contributed by atoms with E-state index in [4.69, 9.17) is 10.3 Å². The van der Waals surface area contributed by atoms with Gasteiger partial charge in [-0.1, -0.05) is 18.2 Å². The van der Waals surface area contributed by atoms with Crippen LogP contribution < -0.4 is 11.3 Å². The largest absolute Gasteiger partial charge is 0.459 e. The number of hydrazine groups is 1. The van der Waals surface area contributed by atoms with Crippen LogP contribution >= 0.6 is 15.9 Å². The number of amides is 1. The normalized spacial score (nSPS) is 11.0. The van der Waals surface area contributed by atoms with Gasteiger partial charge >= 0.3 is 5.91 Å². The number of carbonyl (C=O) groups excluding carboxylic acids is 1. The number of nitrogen functional groups attached to an aromatic ring is 1. The predicted octanol–water partition coefficient (Wildman–Crippen LogP) is 2.96. The fraction of sp³-hybridized carbons (Fsp3) is 0.133. The van der Waals surface area contributed by atoms with E-state index in [1.54, 1.807) is 6.07 Å². The standard InChI is InChI=1S/C15H14BrN3O2/c1-9-13(16)11-4-2-3-5-12(11)19(9)8-10-6-7-21-14(10)15(20)18-17/h2-7H,8,17H2,1H3,(H,18,20). The zero-order valence-electron chi connectivity index (χ0n) is 11.4. The maximum Gasteiger partial charge on any atom is 0.301 e. The molecular weight excluding hydrogens is 334 g/mol. The number of nitrogens with two attached hydrogens (primary N) is 1. The van der Waals surface area contributed by atoms with Gasteiger partial charge in [-0.25, -0.2) is 5.84 Å². The predicted molar refractivity (Wildman–Crippen MR) is 83.8 cm³/mol. The van der Waals surface area contributed by atoms with Gasteiger partial charge in [-0.05, 0) is 35.0 Å². The van der Waals surface area contributed by atoms with Crippen molar-refractivity contribution in [3.8, 4) is 0 Å². The first-order valence-corrected chi connectivity index (χ1v) is 7.23. The highest BCUT2D eigenvalue weighted by Crippen LogP contribution is 2.31. The number of aromatic nitrogens is 1. The minimum Gasteiger partial charge on any atom is -0.459 e. The van der Waals surface area contributed by atoms with Crippen LogP contribution in [0.5, 0.6) is 0 Å². The molecule has 0 fully saturated rings. The van der Waals surface area contributed by atoms with Gasteiger partial charge in [-0.2, -0.15) is 0 Å². The number of carbonyl (C=O) groups is 1. The summed E-state index contributed by atoms with van der Waals surface area (Å²) in [7, 11) is 0. The summed E-state index contributed by atoms with van der Waals surface area (Å²) in [6.45, 7) is 2.57. The van der Waals surface area contributed by atoms with Gasteiger partial charge in [0, 0.05) is 26.6 Å². The van der Waals surface area contributed by atoms with Crippen LogP contribution in [0.4, 0.5) is 0 Å². The Balaban J connectivity index is 2.09. The van der Waals surface area contributed by atoms with E-state index in [0.717, 1.165) is 26.6 Å². The molecule has 2 heterocycles. The van der Waals surface area contributed by atoms with Gasteiger partial charge in [0.05, 0.1) is 12.8 Å². The molecule has 1 aromatic carbocycles. The van der Waals surface area contributed by atoms with E-state index in [0.29, 0.717) is 6.54 Å². The average Bonchev–Trinajstić information content (AvgIpc) is 3.06. The number of furan rings is 1. The minimum atomic E-state index is -0.428. The van der Waals surface area contributed by atoms with Crippen LogP contribution in [0.15, 0.2) is 45.5 Å². The number of nitrogens with zero attached hydrogens (tertiary/aromatic N) is 1. The van der Waals surface area contributed by atoms with Crippen molar-refractivity contribution in [3.05, 3.63) is 58.1 Å². The third-order valence-corrected chi connectivity index (χ3v) is 4.57. The van der Waals surface area contributed by atoms with E-state index in [1.807, 2.05) is 19.1 Å². The molecule has 0 saturated heterocycles. The topological polar surface area (TPSA) is 73.2 Å². The van der Waals surface area contributed by atoms with Gasteiger partial charge in [0.15, 0.2) is 5.76 Å². The maximum absolute atomic E-state index is 11.7. The SMILES string of the molecule is Cc1c(Br)c2ccccc2n1Cc1ccoc1C(=O)NN. The van der Waals surface area contributed by atoms with Crippen molar-refractivity contribution in [1.82, 2.24) is 9.99 Å². The zero-order valence-corrected chi connectivity index (χ0v) is 13.0. The molecule has 2 aromatic heterocycles. The molecule has 0 aliphatic carbocycles. The number of fused-ring (bicyclic) bond motifs is 1. The van der Waals surface area contributed by atoms with E-state index < -0.39 is 5.91 Å². The average molecular weight is 348 g/mol. The van der Waals surface area contributed by atoms with E-state index in [9.17, 15) is 4.79 Å². The zero-order chi connectivity index (χ0) is 15.0. The number of rotatable bonds is 3.